The lowest BCUT2D eigenvalue weighted by molar-refractivity contribution is -0.306. The number of fused-ring (bicyclic) bond motifs is 2. The number of H-pyrrole nitrogens is 1. The summed E-state index contributed by atoms with van der Waals surface area (Å²) in [5.41, 5.74) is -0.116. The van der Waals surface area contributed by atoms with Gasteiger partial charge >= 0.3 is 5.63 Å². The Kier molecular flexibility index (Phi) is 7.56. The van der Waals surface area contributed by atoms with Gasteiger partial charge in [0.25, 0.3) is 5.91 Å². The molecule has 5 rings (SSSR count). The van der Waals surface area contributed by atoms with E-state index in [1.807, 2.05) is 38.1 Å². The summed E-state index contributed by atoms with van der Waals surface area (Å²) < 4.78 is 29.1. The standard InChI is InChI=1S/C30H34N2O9/c1-14(2)38-21-13-17-12-20(32-27(35)19-11-16-9-7-8-10-18(16)31-19)28(36)39-24(17)15(3)25(21)40-29-23(34)22(33)26(37-6)30(4,5)41-29/h7-14,22-23,26,29,31,33-34H,1-6H3,(H,32,35)/t22-,23+,26+,29+/m0/s1. The van der Waals surface area contributed by atoms with E-state index in [2.05, 4.69) is 10.3 Å². The first-order valence-electron chi connectivity index (χ1n) is 13.3. The van der Waals surface area contributed by atoms with Crippen LogP contribution in [0.3, 0.4) is 0 Å². The number of ether oxygens (including phenoxy) is 4. The quantitative estimate of drug-likeness (QED) is 0.244. The Hall–Kier alpha value is -3.90. The van der Waals surface area contributed by atoms with Gasteiger partial charge in [0.2, 0.25) is 6.29 Å². The van der Waals surface area contributed by atoms with Crippen molar-refractivity contribution in [2.24, 2.45) is 0 Å². The fourth-order valence-corrected chi connectivity index (χ4v) is 5.16. The fourth-order valence-electron chi connectivity index (χ4n) is 5.16. The van der Waals surface area contributed by atoms with Crippen molar-refractivity contribution in [2.45, 2.75) is 70.9 Å². The lowest BCUT2D eigenvalue weighted by atomic mass is 9.89. The van der Waals surface area contributed by atoms with Gasteiger partial charge in [-0.2, -0.15) is 0 Å². The van der Waals surface area contributed by atoms with Crippen molar-refractivity contribution in [2.75, 3.05) is 12.4 Å². The van der Waals surface area contributed by atoms with E-state index in [0.717, 1.165) is 10.9 Å². The predicted octanol–water partition coefficient (Wildman–Crippen LogP) is 3.87. The minimum absolute atomic E-state index is 0.0498. The molecule has 11 nitrogen and oxygen atoms in total. The van der Waals surface area contributed by atoms with E-state index in [1.165, 1.54) is 13.2 Å². The van der Waals surface area contributed by atoms with Gasteiger partial charge < -0.3 is 43.9 Å². The molecule has 0 saturated carbocycles. The predicted molar refractivity (Wildman–Crippen MR) is 152 cm³/mol. The largest absolute Gasteiger partial charge is 0.487 e. The van der Waals surface area contributed by atoms with Crippen LogP contribution in [0.2, 0.25) is 0 Å². The number of aliphatic hydroxyl groups excluding tert-OH is 2. The molecule has 1 aliphatic heterocycles. The second-order valence-corrected chi connectivity index (χ2v) is 10.9. The number of carbonyl (C=O) groups excluding carboxylic acids is 1. The highest BCUT2D eigenvalue weighted by atomic mass is 16.7. The van der Waals surface area contributed by atoms with Crippen molar-refractivity contribution >= 4 is 33.5 Å². The number of amides is 1. The van der Waals surface area contributed by atoms with E-state index < -0.39 is 41.7 Å². The summed E-state index contributed by atoms with van der Waals surface area (Å²) >= 11 is 0. The van der Waals surface area contributed by atoms with E-state index in [1.54, 1.807) is 32.9 Å². The SMILES string of the molecule is CO[C@@H]1[C@@H](O)[C@@H](O)[C@H](Oc2c(OC(C)C)cc3cc(NC(=O)c4cc5ccccc5[nH]4)c(=O)oc3c2C)OC1(C)C. The normalized spacial score (nSPS) is 22.3. The Morgan fingerprint density at radius 2 is 1.83 bits per heavy atom. The molecule has 0 unspecified atom stereocenters. The number of carbonyl (C=O) groups is 1. The van der Waals surface area contributed by atoms with Crippen LogP contribution in [0.15, 0.2) is 51.7 Å². The molecule has 0 spiro atoms. The number of nitrogens with one attached hydrogen (secondary N) is 2. The van der Waals surface area contributed by atoms with E-state index >= 15 is 0 Å². The second-order valence-electron chi connectivity index (χ2n) is 10.9. The summed E-state index contributed by atoms with van der Waals surface area (Å²) in [6.45, 7) is 8.78. The molecule has 4 aromatic rings. The minimum Gasteiger partial charge on any atom is -0.487 e. The maximum absolute atomic E-state index is 13.0. The lowest BCUT2D eigenvalue weighted by Gasteiger charge is -2.46. The number of rotatable bonds is 7. The van der Waals surface area contributed by atoms with Crippen LogP contribution in [0.4, 0.5) is 5.69 Å². The molecule has 1 amide bonds. The number of aryl methyl sites for hydroxylation is 1. The van der Waals surface area contributed by atoms with Crippen LogP contribution in [0.5, 0.6) is 11.5 Å². The Morgan fingerprint density at radius 3 is 2.51 bits per heavy atom. The first-order chi connectivity index (χ1) is 19.4. The number of hydrogen-bond donors (Lipinski definition) is 4. The highest BCUT2D eigenvalue weighted by Crippen LogP contribution is 2.41. The summed E-state index contributed by atoms with van der Waals surface area (Å²) in [7, 11) is 1.42. The smallest absolute Gasteiger partial charge is 0.360 e. The zero-order valence-corrected chi connectivity index (χ0v) is 23.7. The highest BCUT2D eigenvalue weighted by molar-refractivity contribution is 6.06. The van der Waals surface area contributed by atoms with Crippen LogP contribution in [-0.4, -0.2) is 64.5 Å². The Bertz CT molecular complexity index is 1620. The van der Waals surface area contributed by atoms with E-state index in [9.17, 15) is 19.8 Å². The van der Waals surface area contributed by atoms with Crippen molar-refractivity contribution in [1.82, 2.24) is 4.98 Å². The molecule has 0 radical (unpaired) electrons. The minimum atomic E-state index is -1.44. The van der Waals surface area contributed by atoms with Crippen LogP contribution in [0.25, 0.3) is 21.9 Å². The molecule has 1 saturated heterocycles. The monoisotopic (exact) mass is 566 g/mol. The van der Waals surface area contributed by atoms with Gasteiger partial charge in [0, 0.05) is 29.0 Å². The third-order valence-electron chi connectivity index (χ3n) is 7.09. The molecule has 4 atom stereocenters. The van der Waals surface area contributed by atoms with Crippen molar-refractivity contribution in [3.05, 3.63) is 64.1 Å². The van der Waals surface area contributed by atoms with Gasteiger partial charge in [-0.15, -0.1) is 0 Å². The van der Waals surface area contributed by atoms with E-state index in [-0.39, 0.29) is 23.1 Å². The maximum atomic E-state index is 13.0. The van der Waals surface area contributed by atoms with Crippen LogP contribution in [-0.2, 0) is 9.47 Å². The zero-order valence-electron chi connectivity index (χ0n) is 23.7. The van der Waals surface area contributed by atoms with Gasteiger partial charge in [0.1, 0.15) is 35.3 Å². The van der Waals surface area contributed by atoms with Crippen LogP contribution < -0.4 is 20.4 Å². The van der Waals surface area contributed by atoms with E-state index in [4.69, 9.17) is 23.4 Å². The maximum Gasteiger partial charge on any atom is 0.360 e. The number of aromatic amines is 1. The first kappa shape index (κ1) is 28.6. The lowest BCUT2D eigenvalue weighted by Crippen LogP contribution is -2.63. The summed E-state index contributed by atoms with van der Waals surface area (Å²) in [5, 5.41) is 25.4. The molecule has 0 aliphatic carbocycles. The molecule has 1 aliphatic rings. The number of anilines is 1. The van der Waals surface area contributed by atoms with Gasteiger partial charge in [-0.05, 0) is 58.9 Å². The van der Waals surface area contributed by atoms with Crippen molar-refractivity contribution in [1.29, 1.82) is 0 Å². The molecule has 41 heavy (non-hydrogen) atoms. The van der Waals surface area contributed by atoms with Crippen LogP contribution in [0.1, 0.15) is 43.7 Å². The Balaban J connectivity index is 1.50. The molecule has 2 aromatic heterocycles. The molecule has 218 valence electrons. The Morgan fingerprint density at radius 1 is 1.10 bits per heavy atom. The van der Waals surface area contributed by atoms with Crippen molar-refractivity contribution < 1.29 is 38.4 Å². The number of para-hydroxylation sites is 1. The number of aliphatic hydroxyl groups is 2. The summed E-state index contributed by atoms with van der Waals surface area (Å²) in [5.74, 6) is -0.0296. The number of hydrogen-bond acceptors (Lipinski definition) is 9. The van der Waals surface area contributed by atoms with Gasteiger partial charge in [-0.1, -0.05) is 18.2 Å². The molecule has 4 N–H and O–H groups in total. The summed E-state index contributed by atoms with van der Waals surface area (Å²) in [6, 6.07) is 12.3. The van der Waals surface area contributed by atoms with Crippen molar-refractivity contribution in [3.63, 3.8) is 0 Å². The molecule has 1 fully saturated rings. The molecule has 3 heterocycles. The Labute approximate surface area is 236 Å². The average molecular weight is 567 g/mol. The fraction of sp³-hybridized carbons (Fsp3) is 0.400. The molecular weight excluding hydrogens is 532 g/mol. The third kappa shape index (κ3) is 5.41. The zero-order chi connectivity index (χ0) is 29.6. The first-order valence-corrected chi connectivity index (χ1v) is 13.3. The number of methoxy groups -OCH3 is 1. The summed E-state index contributed by atoms with van der Waals surface area (Å²) in [6.07, 6.45) is -5.06. The van der Waals surface area contributed by atoms with Gasteiger partial charge in [-0.25, -0.2) is 4.79 Å². The van der Waals surface area contributed by atoms with Gasteiger partial charge in [-0.3, -0.25) is 4.79 Å². The van der Waals surface area contributed by atoms with Crippen LogP contribution in [0, 0.1) is 6.92 Å². The molecule has 0 bridgehead atoms. The molecule has 2 aromatic carbocycles. The van der Waals surface area contributed by atoms with Gasteiger partial charge in [0.15, 0.2) is 11.5 Å². The van der Waals surface area contributed by atoms with Gasteiger partial charge in [0.05, 0.1) is 11.7 Å². The topological polar surface area (TPSA) is 152 Å². The molecular formula is C30H34N2O9. The van der Waals surface area contributed by atoms with E-state index in [0.29, 0.717) is 22.4 Å². The number of aromatic nitrogens is 1. The molecule has 11 heteroatoms. The highest BCUT2D eigenvalue weighted by Gasteiger charge is 2.50. The number of benzene rings is 2. The summed E-state index contributed by atoms with van der Waals surface area (Å²) in [4.78, 5) is 28.9. The van der Waals surface area contributed by atoms with Crippen LogP contribution >= 0.6 is 0 Å². The third-order valence-corrected chi connectivity index (χ3v) is 7.09. The second kappa shape index (κ2) is 10.8. The van der Waals surface area contributed by atoms with Crippen molar-refractivity contribution in [3.8, 4) is 11.5 Å². The average Bonchev–Trinajstić information content (AvgIpc) is 3.35.